The first-order valence-electron chi connectivity index (χ1n) is 9.09. The van der Waals surface area contributed by atoms with Crippen molar-refractivity contribution in [1.29, 1.82) is 0 Å². The number of piperidine rings is 1. The van der Waals surface area contributed by atoms with Gasteiger partial charge in [-0.1, -0.05) is 12.1 Å². The minimum Gasteiger partial charge on any atom is -0.368 e. The Bertz CT molecular complexity index is 817. The van der Waals surface area contributed by atoms with Gasteiger partial charge in [-0.25, -0.2) is 14.8 Å². The molecule has 8 heteroatoms. The quantitative estimate of drug-likeness (QED) is 0.759. The SMILES string of the molecule is CCNC(=O)N1CCC(NC(=O)c2cccc(-c3ccnc(N)n3)c2)CC1. The fourth-order valence-electron chi connectivity index (χ4n) is 3.11. The summed E-state index contributed by atoms with van der Waals surface area (Å²) < 4.78 is 0. The molecule has 4 N–H and O–H groups in total. The van der Waals surface area contributed by atoms with Crippen LogP contribution >= 0.6 is 0 Å². The Balaban J connectivity index is 1.61. The van der Waals surface area contributed by atoms with Crippen LogP contribution in [-0.2, 0) is 0 Å². The lowest BCUT2D eigenvalue weighted by atomic mass is 10.0. The Hall–Kier alpha value is -3.16. The van der Waals surface area contributed by atoms with Gasteiger partial charge in [-0.05, 0) is 38.0 Å². The van der Waals surface area contributed by atoms with Gasteiger partial charge in [0.25, 0.3) is 5.91 Å². The number of hydrogen-bond acceptors (Lipinski definition) is 5. The van der Waals surface area contributed by atoms with Crippen LogP contribution in [0.15, 0.2) is 36.5 Å². The van der Waals surface area contributed by atoms with E-state index in [2.05, 4.69) is 20.6 Å². The Morgan fingerprint density at radius 1 is 1.26 bits per heavy atom. The number of urea groups is 1. The first-order valence-corrected chi connectivity index (χ1v) is 9.09. The van der Waals surface area contributed by atoms with Gasteiger partial charge in [0.15, 0.2) is 0 Å². The molecule has 0 bridgehead atoms. The molecule has 1 aliphatic heterocycles. The predicted molar refractivity (Wildman–Crippen MR) is 103 cm³/mol. The lowest BCUT2D eigenvalue weighted by Gasteiger charge is -2.32. The molecule has 0 aliphatic carbocycles. The third-order valence-electron chi connectivity index (χ3n) is 4.54. The number of nitrogens with two attached hydrogens (primary N) is 1. The van der Waals surface area contributed by atoms with Crippen LogP contribution in [0, 0.1) is 0 Å². The van der Waals surface area contributed by atoms with Gasteiger partial charge in [0.05, 0.1) is 5.69 Å². The van der Waals surface area contributed by atoms with Crippen LogP contribution in [0.5, 0.6) is 0 Å². The predicted octanol–water partition coefficient (Wildman–Crippen LogP) is 1.65. The molecule has 3 rings (SSSR count). The minimum atomic E-state index is -0.129. The number of likely N-dealkylation sites (tertiary alicyclic amines) is 1. The lowest BCUT2D eigenvalue weighted by molar-refractivity contribution is 0.0918. The van der Waals surface area contributed by atoms with E-state index in [1.807, 2.05) is 19.1 Å². The highest BCUT2D eigenvalue weighted by Crippen LogP contribution is 2.19. The molecule has 0 spiro atoms. The lowest BCUT2D eigenvalue weighted by Crippen LogP contribution is -2.49. The van der Waals surface area contributed by atoms with Crippen LogP contribution in [0.4, 0.5) is 10.7 Å². The van der Waals surface area contributed by atoms with Gasteiger partial charge in [0.1, 0.15) is 0 Å². The highest BCUT2D eigenvalue weighted by atomic mass is 16.2. The second-order valence-corrected chi connectivity index (χ2v) is 6.45. The molecule has 2 aromatic rings. The van der Waals surface area contributed by atoms with Crippen LogP contribution < -0.4 is 16.4 Å². The molecule has 1 saturated heterocycles. The van der Waals surface area contributed by atoms with Crippen LogP contribution in [0.1, 0.15) is 30.1 Å². The monoisotopic (exact) mass is 368 g/mol. The highest BCUT2D eigenvalue weighted by molar-refractivity contribution is 5.95. The number of rotatable bonds is 4. The number of carbonyl (C=O) groups is 2. The van der Waals surface area contributed by atoms with Crippen LogP contribution in [0.2, 0.25) is 0 Å². The Morgan fingerprint density at radius 2 is 2.04 bits per heavy atom. The van der Waals surface area contributed by atoms with E-state index in [9.17, 15) is 9.59 Å². The summed E-state index contributed by atoms with van der Waals surface area (Å²) in [4.78, 5) is 34.3. The van der Waals surface area contributed by atoms with Crippen molar-refractivity contribution < 1.29 is 9.59 Å². The molecule has 8 nitrogen and oxygen atoms in total. The molecular formula is C19H24N6O2. The summed E-state index contributed by atoms with van der Waals surface area (Å²) in [5.41, 5.74) is 7.68. The van der Waals surface area contributed by atoms with Gasteiger partial charge in [0, 0.05) is 43.0 Å². The summed E-state index contributed by atoms with van der Waals surface area (Å²) in [6.45, 7) is 3.78. The van der Waals surface area contributed by atoms with Gasteiger partial charge in [-0.15, -0.1) is 0 Å². The maximum absolute atomic E-state index is 12.6. The van der Waals surface area contributed by atoms with Crippen LogP contribution in [-0.4, -0.2) is 52.5 Å². The first kappa shape index (κ1) is 18.6. The molecule has 2 heterocycles. The van der Waals surface area contributed by atoms with Crippen molar-refractivity contribution in [2.75, 3.05) is 25.4 Å². The molecule has 0 radical (unpaired) electrons. The molecule has 3 amide bonds. The molecule has 0 unspecified atom stereocenters. The molecule has 1 aromatic carbocycles. The zero-order valence-corrected chi connectivity index (χ0v) is 15.3. The van der Waals surface area contributed by atoms with Crippen molar-refractivity contribution in [2.45, 2.75) is 25.8 Å². The number of nitrogens with zero attached hydrogens (tertiary/aromatic N) is 3. The highest BCUT2D eigenvalue weighted by Gasteiger charge is 2.23. The van der Waals surface area contributed by atoms with Crippen molar-refractivity contribution >= 4 is 17.9 Å². The Morgan fingerprint density at radius 3 is 2.74 bits per heavy atom. The maximum Gasteiger partial charge on any atom is 0.317 e. The first-order chi connectivity index (χ1) is 13.1. The molecule has 1 aromatic heterocycles. The summed E-state index contributed by atoms with van der Waals surface area (Å²) in [5, 5.41) is 5.86. The van der Waals surface area contributed by atoms with Crippen molar-refractivity contribution in [3.05, 3.63) is 42.1 Å². The van der Waals surface area contributed by atoms with Gasteiger partial charge in [0.2, 0.25) is 5.95 Å². The summed E-state index contributed by atoms with van der Waals surface area (Å²) in [5.74, 6) is 0.0663. The molecule has 0 saturated carbocycles. The number of hydrogen-bond donors (Lipinski definition) is 3. The number of amides is 3. The van der Waals surface area contributed by atoms with E-state index in [1.54, 1.807) is 29.3 Å². The number of nitrogens with one attached hydrogen (secondary N) is 2. The third kappa shape index (κ3) is 4.72. The molecular weight excluding hydrogens is 344 g/mol. The normalized spacial score (nSPS) is 14.6. The largest absolute Gasteiger partial charge is 0.368 e. The fourth-order valence-corrected chi connectivity index (χ4v) is 3.11. The Kier molecular flexibility index (Phi) is 5.85. The summed E-state index contributed by atoms with van der Waals surface area (Å²) >= 11 is 0. The fraction of sp³-hybridized carbons (Fsp3) is 0.368. The third-order valence-corrected chi connectivity index (χ3v) is 4.54. The average Bonchev–Trinajstić information content (AvgIpc) is 2.69. The summed E-state index contributed by atoms with van der Waals surface area (Å²) in [6, 6.07) is 9.03. The summed E-state index contributed by atoms with van der Waals surface area (Å²) in [7, 11) is 0. The molecule has 27 heavy (non-hydrogen) atoms. The summed E-state index contributed by atoms with van der Waals surface area (Å²) in [6.07, 6.45) is 3.07. The number of nitrogen functional groups attached to an aromatic ring is 1. The average molecular weight is 368 g/mol. The molecule has 142 valence electrons. The number of benzene rings is 1. The van der Waals surface area contributed by atoms with Crippen LogP contribution in [0.25, 0.3) is 11.3 Å². The second-order valence-electron chi connectivity index (χ2n) is 6.45. The standard InChI is InChI=1S/C19H24N6O2/c1-2-21-19(27)25-10-7-15(8-11-25)23-17(26)14-5-3-4-13(12-14)16-6-9-22-18(20)24-16/h3-6,9,12,15H,2,7-8,10-11H2,1H3,(H,21,27)(H,23,26)(H2,20,22,24). The minimum absolute atomic E-state index is 0.0425. The number of carbonyl (C=O) groups excluding carboxylic acids is 2. The number of aromatic nitrogens is 2. The maximum atomic E-state index is 12.6. The van der Waals surface area contributed by atoms with E-state index in [4.69, 9.17) is 5.73 Å². The van der Waals surface area contributed by atoms with Crippen molar-refractivity contribution in [1.82, 2.24) is 25.5 Å². The van der Waals surface area contributed by atoms with E-state index in [1.165, 1.54) is 0 Å². The van der Waals surface area contributed by atoms with Crippen molar-refractivity contribution in [2.24, 2.45) is 0 Å². The smallest absolute Gasteiger partial charge is 0.317 e. The topological polar surface area (TPSA) is 113 Å². The van der Waals surface area contributed by atoms with Gasteiger partial charge in [-0.3, -0.25) is 4.79 Å². The molecule has 1 fully saturated rings. The molecule has 1 aliphatic rings. The second kappa shape index (κ2) is 8.48. The zero-order valence-electron chi connectivity index (χ0n) is 15.3. The zero-order chi connectivity index (χ0) is 19.2. The molecule has 0 atom stereocenters. The van der Waals surface area contributed by atoms with E-state index in [0.717, 1.165) is 18.4 Å². The van der Waals surface area contributed by atoms with E-state index in [0.29, 0.717) is 30.9 Å². The van der Waals surface area contributed by atoms with Gasteiger partial charge >= 0.3 is 6.03 Å². The van der Waals surface area contributed by atoms with Gasteiger partial charge in [-0.2, -0.15) is 0 Å². The number of anilines is 1. The Labute approximate surface area is 158 Å². The van der Waals surface area contributed by atoms with Gasteiger partial charge < -0.3 is 21.3 Å². The van der Waals surface area contributed by atoms with E-state index < -0.39 is 0 Å². The van der Waals surface area contributed by atoms with Crippen LogP contribution in [0.3, 0.4) is 0 Å². The van der Waals surface area contributed by atoms with Crippen molar-refractivity contribution in [3.63, 3.8) is 0 Å². The van der Waals surface area contributed by atoms with Crippen molar-refractivity contribution in [3.8, 4) is 11.3 Å². The van der Waals surface area contributed by atoms with E-state index >= 15 is 0 Å². The van der Waals surface area contributed by atoms with E-state index in [-0.39, 0.29) is 23.9 Å².